The van der Waals surface area contributed by atoms with Crippen LogP contribution >= 0.6 is 0 Å². The van der Waals surface area contributed by atoms with Gasteiger partial charge in [0.1, 0.15) is 34.5 Å². The van der Waals surface area contributed by atoms with Crippen LogP contribution in [0.3, 0.4) is 0 Å². The van der Waals surface area contributed by atoms with Crippen LogP contribution in [0.5, 0.6) is 34.5 Å². The van der Waals surface area contributed by atoms with Gasteiger partial charge in [-0.05, 0) is 36.4 Å². The van der Waals surface area contributed by atoms with Crippen LogP contribution in [0.15, 0.2) is 146 Å². The lowest BCUT2D eigenvalue weighted by molar-refractivity contribution is 0.449. The highest BCUT2D eigenvalue weighted by Gasteiger charge is 2.25. The first-order valence-corrected chi connectivity index (χ1v) is 14.0. The fourth-order valence-corrected chi connectivity index (χ4v) is 5.40. The Morgan fingerprint density at radius 2 is 0.364 bits per heavy atom. The molecule has 6 nitrogen and oxygen atoms in total. The quantitative estimate of drug-likeness (QED) is 0.110. The van der Waals surface area contributed by atoms with E-state index in [-0.39, 0.29) is 34.5 Å². The smallest absolute Gasteiger partial charge is 0.119 e. The second-order valence-electron chi connectivity index (χ2n) is 10.2. The lowest BCUT2D eigenvalue weighted by atomic mass is 9.83. The van der Waals surface area contributed by atoms with Gasteiger partial charge >= 0.3 is 0 Å². The molecule has 6 N–H and O–H groups in total. The lowest BCUT2D eigenvalue weighted by Gasteiger charge is -2.21. The number of para-hydroxylation sites is 6. The molecule has 0 spiro atoms. The number of hydrogen-bond acceptors (Lipinski definition) is 6. The number of aromatic hydroxyl groups is 6. The first kappa shape index (κ1) is 29.6. The molecule has 0 aliphatic rings. The molecule has 0 saturated carbocycles. The molecule has 44 heavy (non-hydrogen) atoms. The molecule has 6 aromatic rings. The van der Waals surface area contributed by atoms with Gasteiger partial charge in [0.15, 0.2) is 0 Å². The van der Waals surface area contributed by atoms with Crippen molar-refractivity contribution >= 4 is 0 Å². The molecule has 0 fully saturated rings. The summed E-state index contributed by atoms with van der Waals surface area (Å²) < 4.78 is 0. The minimum atomic E-state index is -0.455. The van der Waals surface area contributed by atoms with Crippen LogP contribution in [-0.2, 0) is 0 Å². The largest absolute Gasteiger partial charge is 0.508 e. The maximum atomic E-state index is 10.2. The van der Waals surface area contributed by atoms with E-state index in [9.17, 15) is 30.6 Å². The highest BCUT2D eigenvalue weighted by atomic mass is 16.3. The summed E-state index contributed by atoms with van der Waals surface area (Å²) in [7, 11) is 0. The number of hydrogen-bond donors (Lipinski definition) is 6. The van der Waals surface area contributed by atoms with Crippen molar-refractivity contribution in [1.82, 2.24) is 0 Å². The Bertz CT molecular complexity index is 1510. The predicted molar refractivity (Wildman–Crippen MR) is 171 cm³/mol. The van der Waals surface area contributed by atoms with E-state index in [1.54, 1.807) is 109 Å². The third kappa shape index (κ3) is 6.30. The van der Waals surface area contributed by atoms with Crippen LogP contribution in [-0.4, -0.2) is 30.6 Å². The number of benzene rings is 6. The summed E-state index contributed by atoms with van der Waals surface area (Å²) in [6.45, 7) is 0. The molecule has 0 radical (unpaired) electrons. The van der Waals surface area contributed by atoms with Gasteiger partial charge in [-0.25, -0.2) is 0 Å². The fourth-order valence-electron chi connectivity index (χ4n) is 5.40. The van der Waals surface area contributed by atoms with Crippen LogP contribution in [0.4, 0.5) is 0 Å². The molecule has 0 bridgehead atoms. The normalized spacial score (nSPS) is 10.8. The Hall–Kier alpha value is -5.88. The molecule has 0 unspecified atom stereocenters. The van der Waals surface area contributed by atoms with Gasteiger partial charge in [0.2, 0.25) is 0 Å². The van der Waals surface area contributed by atoms with E-state index < -0.39 is 11.8 Å². The second-order valence-corrected chi connectivity index (χ2v) is 10.2. The molecule has 0 atom stereocenters. The van der Waals surface area contributed by atoms with E-state index in [1.165, 1.54) is 0 Å². The molecule has 0 saturated heterocycles. The van der Waals surface area contributed by atoms with Gasteiger partial charge in [-0.1, -0.05) is 109 Å². The van der Waals surface area contributed by atoms with Gasteiger partial charge in [-0.3, -0.25) is 0 Å². The number of phenolic OH excluding ortho intramolecular Hbond substituents is 6. The summed E-state index contributed by atoms with van der Waals surface area (Å²) in [6, 6.07) is 41.7. The third-order valence-electron chi connectivity index (χ3n) is 7.49. The van der Waals surface area contributed by atoms with E-state index >= 15 is 0 Å². The van der Waals surface area contributed by atoms with E-state index in [2.05, 4.69) is 0 Å². The zero-order chi connectivity index (χ0) is 31.1. The summed E-state index contributed by atoms with van der Waals surface area (Å²) in [5.41, 5.74) is 3.78. The van der Waals surface area contributed by atoms with E-state index in [1.807, 2.05) is 36.4 Å². The molecule has 0 heterocycles. The van der Waals surface area contributed by atoms with Crippen LogP contribution < -0.4 is 0 Å². The standard InChI is InChI=1S/2C19H16O3/c2*20-16-10-4-1-7-13(16)19(14-8-2-5-11-17(14)21)15-9-3-6-12-18(15)22/h2*1-12,19-22H. The highest BCUT2D eigenvalue weighted by Crippen LogP contribution is 2.44. The first-order valence-electron chi connectivity index (χ1n) is 14.0. The van der Waals surface area contributed by atoms with Crippen LogP contribution in [0.2, 0.25) is 0 Å². The average Bonchev–Trinajstić information content (AvgIpc) is 3.03. The minimum absolute atomic E-state index is 0.124. The average molecular weight is 585 g/mol. The van der Waals surface area contributed by atoms with E-state index in [0.717, 1.165) is 0 Å². The van der Waals surface area contributed by atoms with Crippen molar-refractivity contribution in [3.8, 4) is 34.5 Å². The van der Waals surface area contributed by atoms with Crippen molar-refractivity contribution < 1.29 is 30.6 Å². The van der Waals surface area contributed by atoms with Crippen LogP contribution in [0, 0.1) is 0 Å². The van der Waals surface area contributed by atoms with Crippen LogP contribution in [0.1, 0.15) is 45.2 Å². The van der Waals surface area contributed by atoms with E-state index in [4.69, 9.17) is 0 Å². The zero-order valence-electron chi connectivity index (χ0n) is 23.7. The van der Waals surface area contributed by atoms with Crippen molar-refractivity contribution in [2.45, 2.75) is 11.8 Å². The Kier molecular flexibility index (Phi) is 9.02. The summed E-state index contributed by atoms with van der Waals surface area (Å²) in [5.74, 6) is -0.166. The number of rotatable bonds is 6. The Morgan fingerprint density at radius 3 is 0.500 bits per heavy atom. The fraction of sp³-hybridized carbons (Fsp3) is 0.0526. The van der Waals surface area contributed by atoms with E-state index in [0.29, 0.717) is 33.4 Å². The van der Waals surface area contributed by atoms with Gasteiger partial charge in [0.25, 0.3) is 0 Å². The summed E-state index contributed by atoms with van der Waals surface area (Å²) in [5, 5.41) is 61.3. The minimum Gasteiger partial charge on any atom is -0.508 e. The number of phenols is 6. The van der Waals surface area contributed by atoms with Gasteiger partial charge < -0.3 is 30.6 Å². The first-order chi connectivity index (χ1) is 21.4. The molecule has 0 aromatic heterocycles. The molecule has 6 heteroatoms. The molecular weight excluding hydrogens is 552 g/mol. The molecular formula is C38H32O6. The summed E-state index contributed by atoms with van der Waals surface area (Å²) >= 11 is 0. The lowest BCUT2D eigenvalue weighted by Crippen LogP contribution is -2.04. The molecule has 6 aromatic carbocycles. The van der Waals surface area contributed by atoms with Gasteiger partial charge in [0, 0.05) is 45.2 Å². The SMILES string of the molecule is Oc1ccccc1C(c1ccccc1O)c1ccccc1O.Oc1ccccc1C(c1ccccc1O)c1ccccc1O. The second kappa shape index (κ2) is 13.4. The zero-order valence-corrected chi connectivity index (χ0v) is 23.7. The predicted octanol–water partition coefficient (Wildman–Crippen LogP) is 7.97. The maximum absolute atomic E-state index is 10.2. The Labute approximate surface area is 255 Å². The molecule has 0 amide bonds. The molecule has 6 rings (SSSR count). The maximum Gasteiger partial charge on any atom is 0.119 e. The van der Waals surface area contributed by atoms with Gasteiger partial charge in [-0.15, -0.1) is 0 Å². The topological polar surface area (TPSA) is 121 Å². The molecule has 220 valence electrons. The van der Waals surface area contributed by atoms with Crippen molar-refractivity contribution in [2.24, 2.45) is 0 Å². The van der Waals surface area contributed by atoms with Crippen LogP contribution in [0.25, 0.3) is 0 Å². The van der Waals surface area contributed by atoms with Crippen molar-refractivity contribution in [2.75, 3.05) is 0 Å². The van der Waals surface area contributed by atoms with Crippen molar-refractivity contribution in [1.29, 1.82) is 0 Å². The van der Waals surface area contributed by atoms with Gasteiger partial charge in [-0.2, -0.15) is 0 Å². The van der Waals surface area contributed by atoms with Crippen molar-refractivity contribution in [3.05, 3.63) is 179 Å². The summed E-state index contributed by atoms with van der Waals surface area (Å²) in [4.78, 5) is 0. The molecule has 0 aliphatic heterocycles. The van der Waals surface area contributed by atoms with Crippen molar-refractivity contribution in [3.63, 3.8) is 0 Å². The Balaban J connectivity index is 0.000000175. The van der Waals surface area contributed by atoms with Gasteiger partial charge in [0.05, 0.1) is 0 Å². The Morgan fingerprint density at radius 1 is 0.227 bits per heavy atom. The monoisotopic (exact) mass is 584 g/mol. The third-order valence-corrected chi connectivity index (χ3v) is 7.49. The molecule has 0 aliphatic carbocycles. The highest BCUT2D eigenvalue weighted by molar-refractivity contribution is 5.56. The summed E-state index contributed by atoms with van der Waals surface area (Å²) in [6.07, 6.45) is 0.